The number of hydrogen-bond donors (Lipinski definition) is 2. The van der Waals surface area contributed by atoms with E-state index in [0.717, 1.165) is 44.0 Å². The van der Waals surface area contributed by atoms with Crippen LogP contribution in [0.15, 0.2) is 21.1 Å². The lowest BCUT2D eigenvalue weighted by Crippen LogP contribution is -2.11. The Morgan fingerprint density at radius 1 is 1.32 bits per heavy atom. The van der Waals surface area contributed by atoms with Crippen LogP contribution in [0.2, 0.25) is 0 Å². The molecule has 0 atom stereocenters. The number of nitrogens with two attached hydrogens (primary N) is 1. The predicted molar refractivity (Wildman–Crippen MR) is 85.5 cm³/mol. The van der Waals surface area contributed by atoms with Crippen molar-refractivity contribution in [2.24, 2.45) is 5.84 Å². The predicted octanol–water partition coefficient (Wildman–Crippen LogP) is 4.01. The molecule has 19 heavy (non-hydrogen) atoms. The summed E-state index contributed by atoms with van der Waals surface area (Å²) in [6.07, 6.45) is 1.94. The van der Waals surface area contributed by atoms with Gasteiger partial charge in [-0.3, -0.25) is 0 Å². The van der Waals surface area contributed by atoms with Crippen LogP contribution in [0.4, 0.5) is 5.82 Å². The van der Waals surface area contributed by atoms with Crippen LogP contribution in [0.1, 0.15) is 18.9 Å². The van der Waals surface area contributed by atoms with Gasteiger partial charge in [0, 0.05) is 9.86 Å². The van der Waals surface area contributed by atoms with Crippen LogP contribution < -0.4 is 16.0 Å². The molecule has 0 radical (unpaired) electrons. The van der Waals surface area contributed by atoms with E-state index in [9.17, 15) is 0 Å². The highest BCUT2D eigenvalue weighted by molar-refractivity contribution is 9.11. The Labute approximate surface area is 129 Å². The highest BCUT2D eigenvalue weighted by atomic mass is 79.9. The molecule has 0 saturated carbocycles. The molecule has 3 N–H and O–H groups in total. The van der Waals surface area contributed by atoms with Gasteiger partial charge in [-0.25, -0.2) is 10.8 Å². The fourth-order valence-electron chi connectivity index (χ4n) is 2.08. The van der Waals surface area contributed by atoms with Gasteiger partial charge in [0.25, 0.3) is 0 Å². The Morgan fingerprint density at radius 2 is 2.05 bits per heavy atom. The third-order valence-electron chi connectivity index (χ3n) is 2.90. The number of halogens is 2. The number of aromatic nitrogens is 1. The standard InChI is InChI=1S/C13H15Br2N3O/c1-3-4-7-5-8-11(17-13(7)18-16)9(14)6-10(15)12(8)19-2/h5-6H,3-4,16H2,1-2H3,(H,17,18). The van der Waals surface area contributed by atoms with Crippen molar-refractivity contribution >= 4 is 48.6 Å². The van der Waals surface area contributed by atoms with Crippen molar-refractivity contribution in [3.8, 4) is 5.75 Å². The van der Waals surface area contributed by atoms with Crippen molar-refractivity contribution in [2.75, 3.05) is 12.5 Å². The SMILES string of the molecule is CCCc1cc2c(OC)c(Br)cc(Br)c2nc1NN. The number of benzene rings is 1. The molecule has 1 heterocycles. The first-order valence-corrected chi connectivity index (χ1v) is 7.53. The smallest absolute Gasteiger partial charge is 0.143 e. The maximum absolute atomic E-state index is 5.55. The van der Waals surface area contributed by atoms with Crippen LogP contribution in [-0.4, -0.2) is 12.1 Å². The van der Waals surface area contributed by atoms with Crippen LogP contribution in [-0.2, 0) is 6.42 Å². The summed E-state index contributed by atoms with van der Waals surface area (Å²) >= 11 is 7.03. The van der Waals surface area contributed by atoms with Gasteiger partial charge in [0.15, 0.2) is 0 Å². The average Bonchev–Trinajstić information content (AvgIpc) is 2.39. The number of ether oxygens (including phenoxy) is 1. The summed E-state index contributed by atoms with van der Waals surface area (Å²) in [4.78, 5) is 4.58. The van der Waals surface area contributed by atoms with Crippen LogP contribution >= 0.6 is 31.9 Å². The molecule has 0 amide bonds. The number of nitrogens with one attached hydrogen (secondary N) is 1. The number of aryl methyl sites for hydroxylation is 1. The molecule has 1 aromatic heterocycles. The van der Waals surface area contributed by atoms with Crippen molar-refractivity contribution in [1.29, 1.82) is 0 Å². The Balaban J connectivity index is 2.80. The zero-order valence-electron chi connectivity index (χ0n) is 10.8. The molecule has 2 aromatic rings. The van der Waals surface area contributed by atoms with Gasteiger partial charge in [-0.15, -0.1) is 0 Å². The number of hydrazine groups is 1. The molecule has 0 bridgehead atoms. The van der Waals surface area contributed by atoms with Crippen LogP contribution in [0.25, 0.3) is 10.9 Å². The largest absolute Gasteiger partial charge is 0.495 e. The molecule has 0 unspecified atom stereocenters. The zero-order valence-corrected chi connectivity index (χ0v) is 13.9. The fraction of sp³-hybridized carbons (Fsp3) is 0.308. The molecule has 0 saturated heterocycles. The number of nitrogens with zero attached hydrogens (tertiary/aromatic N) is 1. The van der Waals surface area contributed by atoms with Crippen molar-refractivity contribution in [2.45, 2.75) is 19.8 Å². The molecule has 4 nitrogen and oxygen atoms in total. The summed E-state index contributed by atoms with van der Waals surface area (Å²) in [5.74, 6) is 7.05. The van der Waals surface area contributed by atoms with Crippen LogP contribution in [0.3, 0.4) is 0 Å². The van der Waals surface area contributed by atoms with E-state index in [4.69, 9.17) is 10.6 Å². The minimum absolute atomic E-state index is 0.708. The summed E-state index contributed by atoms with van der Waals surface area (Å²) in [7, 11) is 1.65. The normalized spacial score (nSPS) is 10.8. The van der Waals surface area contributed by atoms with E-state index >= 15 is 0 Å². The second-order valence-electron chi connectivity index (χ2n) is 4.16. The topological polar surface area (TPSA) is 60.2 Å². The summed E-state index contributed by atoms with van der Waals surface area (Å²) in [5, 5.41) is 0.964. The molecule has 0 fully saturated rings. The van der Waals surface area contributed by atoms with Crippen LogP contribution in [0, 0.1) is 0 Å². The second kappa shape index (κ2) is 6.07. The zero-order chi connectivity index (χ0) is 14.0. The Bertz CT molecular complexity index is 617. The number of fused-ring (bicyclic) bond motifs is 1. The monoisotopic (exact) mass is 387 g/mol. The van der Waals surface area contributed by atoms with Gasteiger partial charge >= 0.3 is 0 Å². The van der Waals surface area contributed by atoms with Crippen molar-refractivity contribution in [3.63, 3.8) is 0 Å². The highest BCUT2D eigenvalue weighted by Crippen LogP contribution is 2.39. The lowest BCUT2D eigenvalue weighted by molar-refractivity contribution is 0.417. The number of hydrogen-bond acceptors (Lipinski definition) is 4. The molecule has 0 aliphatic rings. The van der Waals surface area contributed by atoms with Crippen molar-refractivity contribution < 1.29 is 4.74 Å². The number of rotatable bonds is 4. The first-order valence-electron chi connectivity index (χ1n) is 5.94. The third-order valence-corrected chi connectivity index (χ3v) is 4.10. The van der Waals surface area contributed by atoms with E-state index in [1.54, 1.807) is 7.11 Å². The number of nitrogen functional groups attached to an aromatic ring is 1. The summed E-state index contributed by atoms with van der Waals surface area (Å²) in [5.41, 5.74) is 4.58. The molecule has 0 aliphatic carbocycles. The first-order chi connectivity index (χ1) is 9.12. The van der Waals surface area contributed by atoms with E-state index in [0.29, 0.717) is 5.82 Å². The van der Waals surface area contributed by atoms with E-state index in [2.05, 4.69) is 55.3 Å². The van der Waals surface area contributed by atoms with E-state index in [1.165, 1.54) is 0 Å². The highest BCUT2D eigenvalue weighted by Gasteiger charge is 2.14. The van der Waals surface area contributed by atoms with Gasteiger partial charge in [-0.2, -0.15) is 0 Å². The first kappa shape index (κ1) is 14.6. The molecule has 1 aromatic carbocycles. The van der Waals surface area contributed by atoms with E-state index < -0.39 is 0 Å². The minimum Gasteiger partial charge on any atom is -0.495 e. The minimum atomic E-state index is 0.708. The van der Waals surface area contributed by atoms with Gasteiger partial charge in [0.05, 0.1) is 17.1 Å². The van der Waals surface area contributed by atoms with Crippen LogP contribution in [0.5, 0.6) is 5.75 Å². The number of methoxy groups -OCH3 is 1. The average molecular weight is 389 g/mol. The van der Waals surface area contributed by atoms with E-state index in [1.807, 2.05) is 6.07 Å². The van der Waals surface area contributed by atoms with Gasteiger partial charge < -0.3 is 10.2 Å². The van der Waals surface area contributed by atoms with Crippen molar-refractivity contribution in [3.05, 3.63) is 26.6 Å². The van der Waals surface area contributed by atoms with Gasteiger partial charge in [0.2, 0.25) is 0 Å². The quantitative estimate of drug-likeness (QED) is 0.613. The molecule has 6 heteroatoms. The molecular formula is C13H15Br2N3O. The maximum atomic E-state index is 5.55. The molecule has 0 aliphatic heterocycles. The third kappa shape index (κ3) is 2.70. The Hall–Kier alpha value is -0.850. The van der Waals surface area contributed by atoms with Gasteiger partial charge in [-0.05, 0) is 56.0 Å². The van der Waals surface area contributed by atoms with Gasteiger partial charge in [-0.1, -0.05) is 13.3 Å². The second-order valence-corrected chi connectivity index (χ2v) is 5.87. The molecule has 2 rings (SSSR count). The summed E-state index contributed by atoms with van der Waals surface area (Å²) in [6.45, 7) is 2.12. The summed E-state index contributed by atoms with van der Waals surface area (Å²) < 4.78 is 7.25. The fourth-order valence-corrected chi connectivity index (χ4v) is 3.52. The molecule has 102 valence electrons. The van der Waals surface area contributed by atoms with Crippen molar-refractivity contribution in [1.82, 2.24) is 4.98 Å². The Morgan fingerprint density at radius 3 is 2.63 bits per heavy atom. The lowest BCUT2D eigenvalue weighted by Gasteiger charge is -2.13. The molecular weight excluding hydrogens is 374 g/mol. The maximum Gasteiger partial charge on any atom is 0.143 e. The lowest BCUT2D eigenvalue weighted by atomic mass is 10.1. The molecule has 0 spiro atoms. The summed E-state index contributed by atoms with van der Waals surface area (Å²) in [6, 6.07) is 4.00. The van der Waals surface area contributed by atoms with E-state index in [-0.39, 0.29) is 0 Å². The number of pyridine rings is 1. The van der Waals surface area contributed by atoms with Gasteiger partial charge in [0.1, 0.15) is 11.6 Å². The number of anilines is 1. The Kier molecular flexibility index (Phi) is 4.65.